The molecule has 9 heteroatoms. The lowest BCUT2D eigenvalue weighted by atomic mass is 10.3. The van der Waals surface area contributed by atoms with Crippen LogP contribution in [0.1, 0.15) is 18.1 Å². The third kappa shape index (κ3) is 4.12. The van der Waals surface area contributed by atoms with Gasteiger partial charge in [0.05, 0.1) is 26.5 Å². The molecule has 116 valence electrons. The number of fused-ring (bicyclic) bond motifs is 1. The van der Waals surface area contributed by atoms with Crippen molar-refractivity contribution >= 4 is 57.6 Å². The van der Waals surface area contributed by atoms with E-state index in [9.17, 15) is 13.2 Å². The molecule has 1 heterocycles. The molecule has 0 radical (unpaired) electrons. The maximum atomic E-state index is 12.2. The number of aryl methyl sites for hydroxylation is 1. The zero-order valence-electron chi connectivity index (χ0n) is 10.7. The number of hydrogen-bond acceptors (Lipinski definition) is 2. The van der Waals surface area contributed by atoms with Crippen LogP contribution >= 0.6 is 46.6 Å². The Kier molecular flexibility index (Phi) is 5.23. The van der Waals surface area contributed by atoms with Crippen LogP contribution in [0.15, 0.2) is 12.1 Å². The van der Waals surface area contributed by atoms with E-state index in [0.717, 1.165) is 0 Å². The fourth-order valence-electron chi connectivity index (χ4n) is 1.93. The maximum Gasteiger partial charge on any atom is 0.441 e. The van der Waals surface area contributed by atoms with Gasteiger partial charge in [0.15, 0.2) is 0 Å². The van der Waals surface area contributed by atoms with Crippen LogP contribution in [0.4, 0.5) is 13.2 Å². The summed E-state index contributed by atoms with van der Waals surface area (Å²) in [6.45, 7) is 1.84. The van der Waals surface area contributed by atoms with Crippen LogP contribution in [0.3, 0.4) is 0 Å². The van der Waals surface area contributed by atoms with Crippen LogP contribution in [0, 0.1) is 0 Å². The van der Waals surface area contributed by atoms with Crippen molar-refractivity contribution in [1.82, 2.24) is 9.55 Å². The number of imidazole rings is 1. The second-order valence-electron chi connectivity index (χ2n) is 4.29. The van der Waals surface area contributed by atoms with Gasteiger partial charge in [-0.2, -0.15) is 13.2 Å². The van der Waals surface area contributed by atoms with Crippen molar-refractivity contribution in [3.05, 3.63) is 28.0 Å². The highest BCUT2D eigenvalue weighted by molar-refractivity contribution is 8.00. The highest BCUT2D eigenvalue weighted by atomic mass is 35.5. The Balaban J connectivity index is 2.39. The molecule has 0 spiro atoms. The van der Waals surface area contributed by atoms with E-state index in [-0.39, 0.29) is 24.1 Å². The van der Waals surface area contributed by atoms with E-state index >= 15 is 0 Å². The van der Waals surface area contributed by atoms with Gasteiger partial charge < -0.3 is 4.57 Å². The van der Waals surface area contributed by atoms with Crippen LogP contribution in [-0.2, 0) is 6.54 Å². The second kappa shape index (κ2) is 6.44. The summed E-state index contributed by atoms with van der Waals surface area (Å²) < 4.78 is 38.4. The third-order valence-electron chi connectivity index (χ3n) is 2.76. The zero-order chi connectivity index (χ0) is 15.8. The van der Waals surface area contributed by atoms with Crippen molar-refractivity contribution in [2.24, 2.45) is 0 Å². The highest BCUT2D eigenvalue weighted by Gasteiger charge is 2.28. The molecule has 0 saturated carbocycles. The average Bonchev–Trinajstić information content (AvgIpc) is 2.67. The fraction of sp³-hybridized carbons (Fsp3) is 0.417. The van der Waals surface area contributed by atoms with Crippen molar-refractivity contribution in [1.29, 1.82) is 0 Å². The van der Waals surface area contributed by atoms with E-state index < -0.39 is 10.9 Å². The summed E-state index contributed by atoms with van der Waals surface area (Å²) in [5, 5.41) is 0.223. The SMILES string of the molecule is CC(Cl)c1nc2cc(Cl)c(Cl)cc2n1CCSC(F)(F)F. The fourth-order valence-corrected chi connectivity index (χ4v) is 2.92. The molecule has 2 rings (SSSR count). The molecule has 0 aliphatic heterocycles. The van der Waals surface area contributed by atoms with E-state index in [1.807, 2.05) is 0 Å². The number of benzene rings is 1. The van der Waals surface area contributed by atoms with Crippen LogP contribution < -0.4 is 0 Å². The van der Waals surface area contributed by atoms with Gasteiger partial charge in [-0.3, -0.25) is 0 Å². The first-order valence-electron chi connectivity index (χ1n) is 5.89. The van der Waals surface area contributed by atoms with Crippen LogP contribution in [-0.4, -0.2) is 20.8 Å². The van der Waals surface area contributed by atoms with Gasteiger partial charge in [0.25, 0.3) is 0 Å². The predicted octanol–water partition coefficient (Wildman–Crippen LogP) is 5.90. The topological polar surface area (TPSA) is 17.8 Å². The monoisotopic (exact) mass is 376 g/mol. The van der Waals surface area contributed by atoms with Gasteiger partial charge in [-0.1, -0.05) is 23.2 Å². The summed E-state index contributed by atoms with van der Waals surface area (Å²) in [5.41, 5.74) is -3.08. The Labute approximate surface area is 138 Å². The zero-order valence-corrected chi connectivity index (χ0v) is 13.8. The summed E-state index contributed by atoms with van der Waals surface area (Å²) in [6.07, 6.45) is 0. The summed E-state index contributed by atoms with van der Waals surface area (Å²) in [4.78, 5) is 4.33. The van der Waals surface area contributed by atoms with Crippen molar-refractivity contribution in [3.8, 4) is 0 Å². The predicted molar refractivity (Wildman–Crippen MR) is 82.5 cm³/mol. The summed E-state index contributed by atoms with van der Waals surface area (Å²) >= 11 is 17.9. The Hall–Kier alpha value is -0.300. The van der Waals surface area contributed by atoms with Crippen molar-refractivity contribution in [2.45, 2.75) is 24.4 Å². The number of aromatic nitrogens is 2. The van der Waals surface area contributed by atoms with E-state index in [2.05, 4.69) is 4.98 Å². The van der Waals surface area contributed by atoms with Gasteiger partial charge in [-0.25, -0.2) is 4.98 Å². The van der Waals surface area contributed by atoms with Crippen molar-refractivity contribution < 1.29 is 13.2 Å². The van der Waals surface area contributed by atoms with E-state index in [0.29, 0.717) is 26.9 Å². The number of nitrogens with zero attached hydrogens (tertiary/aromatic N) is 2. The Morgan fingerprint density at radius 3 is 2.48 bits per heavy atom. The minimum atomic E-state index is -4.26. The van der Waals surface area contributed by atoms with E-state index in [4.69, 9.17) is 34.8 Å². The molecule has 0 bridgehead atoms. The number of halogens is 6. The lowest BCUT2D eigenvalue weighted by Crippen LogP contribution is -2.10. The van der Waals surface area contributed by atoms with E-state index in [1.165, 1.54) is 0 Å². The Morgan fingerprint density at radius 2 is 1.90 bits per heavy atom. The third-order valence-corrected chi connectivity index (χ3v) is 4.39. The van der Waals surface area contributed by atoms with E-state index in [1.54, 1.807) is 23.6 Å². The van der Waals surface area contributed by atoms with Crippen LogP contribution in [0.5, 0.6) is 0 Å². The van der Waals surface area contributed by atoms with Crippen LogP contribution in [0.2, 0.25) is 10.0 Å². The molecule has 1 atom stereocenters. The van der Waals surface area contributed by atoms with Gasteiger partial charge in [-0.05, 0) is 30.8 Å². The lowest BCUT2D eigenvalue weighted by molar-refractivity contribution is -0.0328. The van der Waals surface area contributed by atoms with Gasteiger partial charge in [-0.15, -0.1) is 11.6 Å². The molecule has 1 unspecified atom stereocenters. The summed E-state index contributed by atoms with van der Waals surface area (Å²) in [6, 6.07) is 3.17. The smallest absolute Gasteiger partial charge is 0.326 e. The molecule has 0 aliphatic carbocycles. The number of rotatable bonds is 4. The minimum Gasteiger partial charge on any atom is -0.326 e. The molecule has 2 nitrogen and oxygen atoms in total. The summed E-state index contributed by atoms with van der Waals surface area (Å²) in [5.74, 6) is 0.360. The van der Waals surface area contributed by atoms with Crippen molar-refractivity contribution in [3.63, 3.8) is 0 Å². The van der Waals surface area contributed by atoms with Gasteiger partial charge in [0, 0.05) is 12.3 Å². The Morgan fingerprint density at radius 1 is 1.29 bits per heavy atom. The molecule has 0 amide bonds. The maximum absolute atomic E-state index is 12.2. The molecule has 0 fully saturated rings. The summed E-state index contributed by atoms with van der Waals surface area (Å²) in [7, 11) is 0. The normalized spacial score (nSPS) is 13.9. The average molecular weight is 378 g/mol. The van der Waals surface area contributed by atoms with Gasteiger partial charge in [0.1, 0.15) is 5.82 Å². The first-order valence-corrected chi connectivity index (χ1v) is 8.07. The molecule has 2 aromatic rings. The molecule has 0 saturated heterocycles. The number of alkyl halides is 4. The lowest BCUT2D eigenvalue weighted by Gasteiger charge is -2.11. The molecule has 0 N–H and O–H groups in total. The standard InChI is InChI=1S/C12H10Cl3F3N2S/c1-6(13)11-19-9-4-7(14)8(15)5-10(9)20(11)2-3-21-12(16,17)18/h4-6H,2-3H2,1H3. The molecular weight excluding hydrogens is 368 g/mol. The first kappa shape index (κ1) is 17.1. The number of hydrogen-bond donors (Lipinski definition) is 0. The van der Waals surface area contributed by atoms with Crippen LogP contribution in [0.25, 0.3) is 11.0 Å². The molecule has 1 aromatic heterocycles. The quantitative estimate of drug-likeness (QED) is 0.618. The first-order chi connectivity index (χ1) is 9.69. The molecule has 21 heavy (non-hydrogen) atoms. The highest BCUT2D eigenvalue weighted by Crippen LogP contribution is 2.33. The van der Waals surface area contributed by atoms with Crippen molar-refractivity contribution in [2.75, 3.05) is 5.75 Å². The largest absolute Gasteiger partial charge is 0.441 e. The second-order valence-corrected chi connectivity index (χ2v) is 6.92. The molecule has 0 aliphatic rings. The van der Waals surface area contributed by atoms with Gasteiger partial charge in [0.2, 0.25) is 0 Å². The number of thioether (sulfide) groups is 1. The molecular formula is C12H10Cl3F3N2S. The Bertz CT molecular complexity index is 655. The van der Waals surface area contributed by atoms with Gasteiger partial charge >= 0.3 is 5.51 Å². The molecule has 1 aromatic carbocycles. The minimum absolute atomic E-state index is 0.0826.